The lowest BCUT2D eigenvalue weighted by Crippen LogP contribution is -2.32. The fourth-order valence-electron chi connectivity index (χ4n) is 2.97. The molecule has 3 aromatic rings. The Morgan fingerprint density at radius 2 is 1.26 bits per heavy atom. The Labute approximate surface area is 171 Å². The summed E-state index contributed by atoms with van der Waals surface area (Å²) < 4.78 is 0.990. The van der Waals surface area contributed by atoms with Gasteiger partial charge in [0.15, 0.2) is 5.11 Å². The number of amides is 1. The number of rotatable bonds is 3. The molecule has 1 amide bonds. The molecule has 1 aliphatic heterocycles. The third-order valence-electron chi connectivity index (χ3n) is 4.25. The summed E-state index contributed by atoms with van der Waals surface area (Å²) in [6.45, 7) is 0. The molecule has 1 fully saturated rings. The second-order valence-corrected chi connectivity index (χ2v) is 7.29. The van der Waals surface area contributed by atoms with Crippen LogP contribution in [0.2, 0.25) is 0 Å². The number of nitrogens with zero attached hydrogens (tertiary/aromatic N) is 2. The molecule has 3 nitrogen and oxygen atoms in total. The van der Waals surface area contributed by atoms with E-state index in [0.29, 0.717) is 10.8 Å². The van der Waals surface area contributed by atoms with Gasteiger partial charge in [0, 0.05) is 10.2 Å². The summed E-state index contributed by atoms with van der Waals surface area (Å²) in [6, 6.07) is 27.0. The van der Waals surface area contributed by atoms with E-state index in [-0.39, 0.29) is 5.91 Å². The minimum atomic E-state index is -0.141. The Morgan fingerprint density at radius 3 is 1.81 bits per heavy atom. The standard InChI is InChI=1S/C22H15BrN2OS/c23-17-13-11-16(12-14-17)15-20-21(26)25(19-9-5-2-6-10-19)22(27)24(20)18-7-3-1-4-8-18/h1-15H. The van der Waals surface area contributed by atoms with Crippen LogP contribution >= 0.6 is 28.1 Å². The molecular formula is C22H15BrN2OS. The number of thiocarbonyl (C=S) groups is 1. The molecule has 1 saturated heterocycles. The van der Waals surface area contributed by atoms with Crippen molar-refractivity contribution in [3.8, 4) is 0 Å². The molecule has 132 valence electrons. The van der Waals surface area contributed by atoms with E-state index >= 15 is 0 Å². The molecule has 0 atom stereocenters. The highest BCUT2D eigenvalue weighted by molar-refractivity contribution is 9.10. The van der Waals surface area contributed by atoms with Gasteiger partial charge in [-0.25, -0.2) is 0 Å². The quantitative estimate of drug-likeness (QED) is 0.394. The Hall–Kier alpha value is -2.76. The average molecular weight is 435 g/mol. The van der Waals surface area contributed by atoms with E-state index in [9.17, 15) is 4.79 Å². The Bertz CT molecular complexity index is 1020. The van der Waals surface area contributed by atoms with Gasteiger partial charge in [-0.2, -0.15) is 0 Å². The van der Waals surface area contributed by atoms with Gasteiger partial charge < -0.3 is 0 Å². The molecule has 0 N–H and O–H groups in total. The van der Waals surface area contributed by atoms with Crippen LogP contribution < -0.4 is 9.80 Å². The van der Waals surface area contributed by atoms with Crippen LogP contribution in [0, 0.1) is 0 Å². The maximum absolute atomic E-state index is 13.3. The van der Waals surface area contributed by atoms with Crippen molar-refractivity contribution in [2.45, 2.75) is 0 Å². The van der Waals surface area contributed by atoms with E-state index < -0.39 is 0 Å². The second kappa shape index (κ2) is 7.47. The highest BCUT2D eigenvalue weighted by Gasteiger charge is 2.39. The summed E-state index contributed by atoms with van der Waals surface area (Å²) in [7, 11) is 0. The number of carbonyl (C=O) groups excluding carboxylic acids is 1. The number of benzene rings is 3. The molecule has 0 unspecified atom stereocenters. The average Bonchev–Trinajstić information content (AvgIpc) is 2.95. The van der Waals surface area contributed by atoms with Gasteiger partial charge in [0.1, 0.15) is 5.70 Å². The first-order chi connectivity index (χ1) is 13.1. The maximum atomic E-state index is 13.3. The molecule has 27 heavy (non-hydrogen) atoms. The van der Waals surface area contributed by atoms with Crippen LogP contribution in [0.4, 0.5) is 11.4 Å². The summed E-state index contributed by atoms with van der Waals surface area (Å²) in [5, 5.41) is 0.445. The van der Waals surface area contributed by atoms with E-state index in [1.807, 2.05) is 95.9 Å². The Balaban J connectivity index is 1.84. The van der Waals surface area contributed by atoms with Crippen molar-refractivity contribution in [3.63, 3.8) is 0 Å². The largest absolute Gasteiger partial charge is 0.281 e. The molecule has 0 aliphatic carbocycles. The van der Waals surface area contributed by atoms with Crippen LogP contribution in [-0.4, -0.2) is 11.0 Å². The Morgan fingerprint density at radius 1 is 0.741 bits per heavy atom. The van der Waals surface area contributed by atoms with Gasteiger partial charge in [0.25, 0.3) is 5.91 Å². The number of anilines is 2. The molecular weight excluding hydrogens is 420 g/mol. The lowest BCUT2D eigenvalue weighted by molar-refractivity contribution is -0.113. The van der Waals surface area contributed by atoms with Crippen molar-refractivity contribution in [2.75, 3.05) is 9.80 Å². The molecule has 0 bridgehead atoms. The number of halogens is 1. The van der Waals surface area contributed by atoms with E-state index in [4.69, 9.17) is 12.2 Å². The van der Waals surface area contributed by atoms with Gasteiger partial charge in [0.2, 0.25) is 0 Å². The van der Waals surface area contributed by atoms with E-state index in [1.54, 1.807) is 4.90 Å². The van der Waals surface area contributed by atoms with Gasteiger partial charge in [-0.05, 0) is 60.3 Å². The van der Waals surface area contributed by atoms with Crippen molar-refractivity contribution < 1.29 is 4.79 Å². The lowest BCUT2D eigenvalue weighted by atomic mass is 10.1. The summed E-state index contributed by atoms with van der Waals surface area (Å²) in [6.07, 6.45) is 1.87. The van der Waals surface area contributed by atoms with Crippen molar-refractivity contribution in [2.24, 2.45) is 0 Å². The Kier molecular flexibility index (Phi) is 4.88. The number of hydrogen-bond donors (Lipinski definition) is 0. The van der Waals surface area contributed by atoms with Crippen molar-refractivity contribution in [1.29, 1.82) is 0 Å². The zero-order valence-electron chi connectivity index (χ0n) is 14.2. The summed E-state index contributed by atoms with van der Waals surface area (Å²) in [4.78, 5) is 16.7. The first kappa shape index (κ1) is 17.6. The van der Waals surface area contributed by atoms with E-state index in [2.05, 4.69) is 15.9 Å². The summed E-state index contributed by atoms with van der Waals surface area (Å²) in [5.74, 6) is -0.141. The normalized spacial score (nSPS) is 15.7. The monoisotopic (exact) mass is 434 g/mol. The van der Waals surface area contributed by atoms with Gasteiger partial charge >= 0.3 is 0 Å². The molecule has 5 heteroatoms. The highest BCUT2D eigenvalue weighted by atomic mass is 79.9. The van der Waals surface area contributed by atoms with Gasteiger partial charge in [0.05, 0.1) is 5.69 Å². The third kappa shape index (κ3) is 3.44. The number of hydrogen-bond acceptors (Lipinski definition) is 2. The van der Waals surface area contributed by atoms with Crippen LogP contribution in [0.3, 0.4) is 0 Å². The second-order valence-electron chi connectivity index (χ2n) is 6.01. The summed E-state index contributed by atoms with van der Waals surface area (Å²) in [5.41, 5.74) is 3.07. The van der Waals surface area contributed by atoms with Gasteiger partial charge in [-0.1, -0.05) is 64.5 Å². The molecule has 0 radical (unpaired) electrons. The van der Waals surface area contributed by atoms with E-state index in [0.717, 1.165) is 21.4 Å². The van der Waals surface area contributed by atoms with Crippen LogP contribution in [0.15, 0.2) is 95.1 Å². The first-order valence-electron chi connectivity index (χ1n) is 8.41. The van der Waals surface area contributed by atoms with Crippen LogP contribution in [0.1, 0.15) is 5.56 Å². The molecule has 1 heterocycles. The highest BCUT2D eigenvalue weighted by Crippen LogP contribution is 2.33. The minimum absolute atomic E-state index is 0.141. The van der Waals surface area contributed by atoms with Crippen molar-refractivity contribution in [3.05, 3.63) is 101 Å². The van der Waals surface area contributed by atoms with Crippen LogP contribution in [-0.2, 0) is 4.79 Å². The van der Waals surface area contributed by atoms with Crippen molar-refractivity contribution in [1.82, 2.24) is 0 Å². The zero-order chi connectivity index (χ0) is 18.8. The van der Waals surface area contributed by atoms with Crippen LogP contribution in [0.5, 0.6) is 0 Å². The molecule has 0 aromatic heterocycles. The smallest absolute Gasteiger partial charge is 0.281 e. The number of para-hydroxylation sites is 2. The molecule has 1 aliphatic rings. The number of carbonyl (C=O) groups is 1. The fourth-order valence-corrected chi connectivity index (χ4v) is 3.63. The predicted molar refractivity (Wildman–Crippen MR) is 118 cm³/mol. The molecule has 0 saturated carbocycles. The van der Waals surface area contributed by atoms with E-state index in [1.165, 1.54) is 0 Å². The predicted octanol–water partition coefficient (Wildman–Crippen LogP) is 5.63. The minimum Gasteiger partial charge on any atom is -0.281 e. The van der Waals surface area contributed by atoms with Crippen molar-refractivity contribution >= 4 is 56.6 Å². The first-order valence-corrected chi connectivity index (χ1v) is 9.61. The molecule has 3 aromatic carbocycles. The maximum Gasteiger partial charge on any atom is 0.281 e. The molecule has 4 rings (SSSR count). The van der Waals surface area contributed by atoms with Gasteiger partial charge in [-0.3, -0.25) is 14.6 Å². The molecule has 0 spiro atoms. The summed E-state index contributed by atoms with van der Waals surface area (Å²) >= 11 is 9.14. The van der Waals surface area contributed by atoms with Gasteiger partial charge in [-0.15, -0.1) is 0 Å². The van der Waals surface area contributed by atoms with Crippen LogP contribution in [0.25, 0.3) is 6.08 Å². The SMILES string of the molecule is O=C1C(=Cc2ccc(Br)cc2)N(c2ccccc2)C(=S)N1c1ccccc1. The topological polar surface area (TPSA) is 23.6 Å². The lowest BCUT2D eigenvalue weighted by Gasteiger charge is -2.20. The third-order valence-corrected chi connectivity index (χ3v) is 5.14. The fraction of sp³-hybridized carbons (Fsp3) is 0. The zero-order valence-corrected chi connectivity index (χ0v) is 16.7.